The molecule has 3 nitrogen and oxygen atoms in total. The Labute approximate surface area is 104 Å². The van der Waals surface area contributed by atoms with E-state index < -0.39 is 0 Å². The standard InChI is InChI=1S/C14H23NO2/c1-11-9-13(3)14(10-12(11)2)17-8-7-16-6-4-5-15/h9-10H,4-8,15H2,1-3H3. The van der Waals surface area contributed by atoms with Crippen molar-refractivity contribution in [2.75, 3.05) is 26.4 Å². The second-order valence-electron chi connectivity index (χ2n) is 4.31. The van der Waals surface area contributed by atoms with Crippen molar-refractivity contribution in [1.29, 1.82) is 0 Å². The summed E-state index contributed by atoms with van der Waals surface area (Å²) in [5.74, 6) is 0.954. The highest BCUT2D eigenvalue weighted by molar-refractivity contribution is 5.40. The summed E-state index contributed by atoms with van der Waals surface area (Å²) in [5, 5.41) is 0. The molecule has 0 atom stereocenters. The first-order valence-electron chi connectivity index (χ1n) is 6.13. The number of ether oxygens (including phenoxy) is 2. The van der Waals surface area contributed by atoms with Crippen molar-refractivity contribution in [2.45, 2.75) is 27.2 Å². The van der Waals surface area contributed by atoms with Crippen LogP contribution in [0, 0.1) is 20.8 Å². The molecule has 1 aromatic rings. The molecule has 1 rings (SSSR count). The number of hydrogen-bond donors (Lipinski definition) is 1. The monoisotopic (exact) mass is 237 g/mol. The predicted octanol–water partition coefficient (Wildman–Crippen LogP) is 2.36. The van der Waals surface area contributed by atoms with E-state index in [1.165, 1.54) is 16.7 Å². The summed E-state index contributed by atoms with van der Waals surface area (Å²) in [4.78, 5) is 0. The van der Waals surface area contributed by atoms with Crippen LogP contribution in [-0.4, -0.2) is 26.4 Å². The van der Waals surface area contributed by atoms with Gasteiger partial charge in [0.2, 0.25) is 0 Å². The van der Waals surface area contributed by atoms with Crippen LogP contribution in [0.4, 0.5) is 0 Å². The van der Waals surface area contributed by atoms with Crippen molar-refractivity contribution in [3.63, 3.8) is 0 Å². The van der Waals surface area contributed by atoms with Gasteiger partial charge in [-0.05, 0) is 56.5 Å². The summed E-state index contributed by atoms with van der Waals surface area (Å²) in [6.45, 7) is 8.88. The van der Waals surface area contributed by atoms with Gasteiger partial charge in [-0.25, -0.2) is 0 Å². The molecule has 0 aliphatic carbocycles. The average molecular weight is 237 g/mol. The summed E-state index contributed by atoms with van der Waals surface area (Å²) in [5.41, 5.74) is 9.11. The van der Waals surface area contributed by atoms with Gasteiger partial charge >= 0.3 is 0 Å². The minimum absolute atomic E-state index is 0.591. The second-order valence-corrected chi connectivity index (χ2v) is 4.31. The summed E-state index contributed by atoms with van der Waals surface area (Å²) >= 11 is 0. The zero-order chi connectivity index (χ0) is 12.7. The van der Waals surface area contributed by atoms with E-state index >= 15 is 0 Å². The normalized spacial score (nSPS) is 10.6. The molecule has 0 radical (unpaired) electrons. The molecule has 0 aliphatic rings. The van der Waals surface area contributed by atoms with Gasteiger partial charge in [-0.2, -0.15) is 0 Å². The number of hydrogen-bond acceptors (Lipinski definition) is 3. The zero-order valence-corrected chi connectivity index (χ0v) is 11.1. The third-order valence-corrected chi connectivity index (χ3v) is 2.77. The maximum Gasteiger partial charge on any atom is 0.122 e. The lowest BCUT2D eigenvalue weighted by Gasteiger charge is -2.11. The third-order valence-electron chi connectivity index (χ3n) is 2.77. The molecule has 0 aromatic heterocycles. The molecule has 0 saturated carbocycles. The van der Waals surface area contributed by atoms with Crippen LogP contribution in [0.25, 0.3) is 0 Å². The van der Waals surface area contributed by atoms with E-state index in [0.717, 1.165) is 12.2 Å². The van der Waals surface area contributed by atoms with E-state index in [9.17, 15) is 0 Å². The van der Waals surface area contributed by atoms with E-state index in [1.54, 1.807) is 0 Å². The molecule has 0 saturated heterocycles. The Kier molecular flexibility index (Phi) is 6.01. The number of aryl methyl sites for hydroxylation is 3. The van der Waals surface area contributed by atoms with Gasteiger partial charge in [0.25, 0.3) is 0 Å². The Morgan fingerprint density at radius 3 is 2.35 bits per heavy atom. The Hall–Kier alpha value is -1.06. The van der Waals surface area contributed by atoms with Crippen LogP contribution in [0.15, 0.2) is 12.1 Å². The van der Waals surface area contributed by atoms with Gasteiger partial charge in [0.15, 0.2) is 0 Å². The van der Waals surface area contributed by atoms with Gasteiger partial charge in [-0.1, -0.05) is 6.07 Å². The van der Waals surface area contributed by atoms with E-state index in [4.69, 9.17) is 15.2 Å². The number of benzene rings is 1. The first-order valence-corrected chi connectivity index (χ1v) is 6.13. The fourth-order valence-electron chi connectivity index (χ4n) is 1.59. The summed E-state index contributed by atoms with van der Waals surface area (Å²) < 4.78 is 11.1. The Balaban J connectivity index is 2.34. The van der Waals surface area contributed by atoms with Gasteiger partial charge in [0, 0.05) is 6.61 Å². The van der Waals surface area contributed by atoms with Crippen molar-refractivity contribution in [3.8, 4) is 5.75 Å². The molecule has 0 amide bonds. The van der Waals surface area contributed by atoms with Crippen LogP contribution in [0.3, 0.4) is 0 Å². The molecule has 96 valence electrons. The molecule has 0 heterocycles. The molecule has 3 heteroatoms. The van der Waals surface area contributed by atoms with Crippen LogP contribution in [-0.2, 0) is 4.74 Å². The zero-order valence-electron chi connectivity index (χ0n) is 11.1. The van der Waals surface area contributed by atoms with Crippen LogP contribution in [0.2, 0.25) is 0 Å². The maximum atomic E-state index is 5.70. The van der Waals surface area contributed by atoms with Gasteiger partial charge in [0.1, 0.15) is 12.4 Å². The molecule has 2 N–H and O–H groups in total. The number of nitrogens with two attached hydrogens (primary N) is 1. The van der Waals surface area contributed by atoms with Gasteiger partial charge in [0.05, 0.1) is 6.61 Å². The lowest BCUT2D eigenvalue weighted by Crippen LogP contribution is -2.10. The summed E-state index contributed by atoms with van der Waals surface area (Å²) in [6.07, 6.45) is 0.905. The highest BCUT2D eigenvalue weighted by atomic mass is 16.5. The van der Waals surface area contributed by atoms with Crippen molar-refractivity contribution in [1.82, 2.24) is 0 Å². The summed E-state index contributed by atoms with van der Waals surface area (Å²) in [7, 11) is 0. The average Bonchev–Trinajstić information content (AvgIpc) is 2.30. The SMILES string of the molecule is Cc1cc(C)c(OCCOCCCN)cc1C. The van der Waals surface area contributed by atoms with E-state index in [-0.39, 0.29) is 0 Å². The largest absolute Gasteiger partial charge is 0.491 e. The smallest absolute Gasteiger partial charge is 0.122 e. The topological polar surface area (TPSA) is 44.5 Å². The lowest BCUT2D eigenvalue weighted by molar-refractivity contribution is 0.0992. The van der Waals surface area contributed by atoms with Crippen LogP contribution >= 0.6 is 0 Å². The minimum atomic E-state index is 0.591. The fourth-order valence-corrected chi connectivity index (χ4v) is 1.59. The first-order chi connectivity index (χ1) is 8.15. The van der Waals surface area contributed by atoms with Gasteiger partial charge < -0.3 is 15.2 Å². The minimum Gasteiger partial charge on any atom is -0.491 e. The van der Waals surface area contributed by atoms with Crippen molar-refractivity contribution >= 4 is 0 Å². The van der Waals surface area contributed by atoms with Crippen molar-refractivity contribution < 1.29 is 9.47 Å². The van der Waals surface area contributed by atoms with Gasteiger partial charge in [-0.3, -0.25) is 0 Å². The maximum absolute atomic E-state index is 5.70. The Morgan fingerprint density at radius 2 is 1.65 bits per heavy atom. The van der Waals surface area contributed by atoms with Crippen LogP contribution in [0.5, 0.6) is 5.75 Å². The molecular weight excluding hydrogens is 214 g/mol. The third kappa shape index (κ3) is 4.75. The predicted molar refractivity (Wildman–Crippen MR) is 70.6 cm³/mol. The molecule has 1 aromatic carbocycles. The lowest BCUT2D eigenvalue weighted by atomic mass is 10.1. The second kappa shape index (κ2) is 7.30. The molecular formula is C14H23NO2. The Bertz CT molecular complexity index is 350. The Morgan fingerprint density at radius 1 is 0.941 bits per heavy atom. The molecule has 0 spiro atoms. The molecule has 17 heavy (non-hydrogen) atoms. The van der Waals surface area contributed by atoms with Crippen LogP contribution < -0.4 is 10.5 Å². The molecule has 0 aliphatic heterocycles. The molecule has 0 fully saturated rings. The highest BCUT2D eigenvalue weighted by Gasteiger charge is 2.02. The molecule has 0 unspecified atom stereocenters. The first kappa shape index (κ1) is 14.0. The van der Waals surface area contributed by atoms with E-state index in [0.29, 0.717) is 26.4 Å². The molecule has 0 bridgehead atoms. The number of rotatable bonds is 7. The fraction of sp³-hybridized carbons (Fsp3) is 0.571. The van der Waals surface area contributed by atoms with Crippen molar-refractivity contribution in [3.05, 3.63) is 28.8 Å². The van der Waals surface area contributed by atoms with Gasteiger partial charge in [-0.15, -0.1) is 0 Å². The van der Waals surface area contributed by atoms with E-state index in [2.05, 4.69) is 32.9 Å². The summed E-state index contributed by atoms with van der Waals surface area (Å²) in [6, 6.07) is 4.24. The van der Waals surface area contributed by atoms with E-state index in [1.807, 2.05) is 0 Å². The van der Waals surface area contributed by atoms with Crippen molar-refractivity contribution in [2.24, 2.45) is 5.73 Å². The quantitative estimate of drug-likeness (QED) is 0.740. The van der Waals surface area contributed by atoms with Crippen LogP contribution in [0.1, 0.15) is 23.1 Å². The highest BCUT2D eigenvalue weighted by Crippen LogP contribution is 2.22.